The van der Waals surface area contributed by atoms with Crippen LogP contribution in [0.5, 0.6) is 0 Å². The first-order valence-electron chi connectivity index (χ1n) is 15.1. The Balaban J connectivity index is 1.26. The fourth-order valence-electron chi connectivity index (χ4n) is 7.27. The summed E-state index contributed by atoms with van der Waals surface area (Å²) < 4.78 is 0. The lowest BCUT2D eigenvalue weighted by atomic mass is 9.70. The van der Waals surface area contributed by atoms with Crippen molar-refractivity contribution in [2.24, 2.45) is 10.8 Å². The van der Waals surface area contributed by atoms with E-state index in [2.05, 4.69) is 86.6 Å². The Morgan fingerprint density at radius 3 is 2.07 bits per heavy atom. The van der Waals surface area contributed by atoms with E-state index in [1.54, 1.807) is 12.4 Å². The molecule has 2 saturated heterocycles. The molecule has 2 fully saturated rings. The molecule has 0 bridgehead atoms. The van der Waals surface area contributed by atoms with Crippen LogP contribution >= 0.6 is 0 Å². The van der Waals surface area contributed by atoms with Gasteiger partial charge in [-0.1, -0.05) is 52.0 Å². The minimum Gasteiger partial charge on any atom is -0.480 e. The summed E-state index contributed by atoms with van der Waals surface area (Å²) in [6, 6.07) is 8.58. The zero-order valence-electron chi connectivity index (χ0n) is 25.1. The highest BCUT2D eigenvalue weighted by molar-refractivity contribution is 5.74. The van der Waals surface area contributed by atoms with Crippen molar-refractivity contribution in [2.45, 2.75) is 91.6 Å². The second-order valence-corrected chi connectivity index (χ2v) is 13.4. The molecule has 0 amide bonds. The first-order valence-corrected chi connectivity index (χ1v) is 15.1. The number of likely N-dealkylation sites (tertiary alicyclic amines) is 2. The molecule has 9 heteroatoms. The van der Waals surface area contributed by atoms with Gasteiger partial charge in [0.1, 0.15) is 17.7 Å². The molecule has 0 radical (unpaired) electrons. The maximum atomic E-state index is 12.5. The van der Waals surface area contributed by atoms with Crippen LogP contribution in [0.15, 0.2) is 49.1 Å². The number of hydrogen-bond donors (Lipinski definition) is 3. The number of carboxylic acid groups (broad SMARTS) is 1. The fourth-order valence-corrected chi connectivity index (χ4v) is 7.27. The van der Waals surface area contributed by atoms with E-state index in [9.17, 15) is 9.90 Å². The maximum Gasteiger partial charge on any atom is 0.320 e. The van der Waals surface area contributed by atoms with Gasteiger partial charge in [-0.05, 0) is 60.7 Å². The molecular formula is C32H47N7O2. The highest BCUT2D eigenvalue weighted by atomic mass is 16.4. The number of aromatic nitrogens is 4. The van der Waals surface area contributed by atoms with Crippen LogP contribution in [0.25, 0.3) is 0 Å². The summed E-state index contributed by atoms with van der Waals surface area (Å²) in [6.07, 6.45) is 11.2. The Labute approximate surface area is 244 Å². The van der Waals surface area contributed by atoms with Crippen molar-refractivity contribution < 1.29 is 9.90 Å². The van der Waals surface area contributed by atoms with Crippen LogP contribution in [0.1, 0.15) is 76.2 Å². The molecule has 3 aromatic rings. The number of hydrogen-bond acceptors (Lipinski definition) is 6. The highest BCUT2D eigenvalue weighted by Gasteiger charge is 2.54. The Kier molecular flexibility index (Phi) is 8.97. The van der Waals surface area contributed by atoms with Crippen molar-refractivity contribution in [2.75, 3.05) is 19.6 Å². The minimum absolute atomic E-state index is 0.0876. The third-order valence-corrected chi connectivity index (χ3v) is 8.98. The summed E-state index contributed by atoms with van der Waals surface area (Å²) in [5, 5.41) is 10.3. The van der Waals surface area contributed by atoms with Crippen molar-refractivity contribution >= 4 is 5.97 Å². The Bertz CT molecular complexity index is 1190. The molecular weight excluding hydrogens is 514 g/mol. The monoisotopic (exact) mass is 561 g/mol. The lowest BCUT2D eigenvalue weighted by Gasteiger charge is -2.45. The molecule has 1 spiro atoms. The average molecular weight is 562 g/mol. The average Bonchev–Trinajstić information content (AvgIpc) is 3.68. The van der Waals surface area contributed by atoms with Crippen LogP contribution in [0.4, 0.5) is 0 Å². The summed E-state index contributed by atoms with van der Waals surface area (Å²) in [6.45, 7) is 15.2. The van der Waals surface area contributed by atoms with Gasteiger partial charge in [-0.25, -0.2) is 9.97 Å². The van der Waals surface area contributed by atoms with Gasteiger partial charge < -0.3 is 20.0 Å². The van der Waals surface area contributed by atoms with Crippen molar-refractivity contribution in [3.63, 3.8) is 0 Å². The van der Waals surface area contributed by atoms with Crippen LogP contribution in [-0.4, -0.2) is 77.4 Å². The maximum absolute atomic E-state index is 12.5. The molecule has 1 aromatic carbocycles. The number of piperidine rings is 1. The first kappa shape index (κ1) is 29.5. The molecule has 1 unspecified atom stereocenters. The second-order valence-electron chi connectivity index (χ2n) is 13.4. The quantitative estimate of drug-likeness (QED) is 0.306. The summed E-state index contributed by atoms with van der Waals surface area (Å²) in [7, 11) is 0. The zero-order valence-corrected chi connectivity index (χ0v) is 25.1. The molecule has 222 valence electrons. The van der Waals surface area contributed by atoms with Crippen LogP contribution in [0.2, 0.25) is 0 Å². The molecule has 3 N–H and O–H groups in total. The van der Waals surface area contributed by atoms with Crippen molar-refractivity contribution in [3.05, 3.63) is 71.8 Å². The number of aliphatic carboxylic acids is 1. The van der Waals surface area contributed by atoms with Gasteiger partial charge in [-0.2, -0.15) is 0 Å². The van der Waals surface area contributed by atoms with Crippen LogP contribution in [0, 0.1) is 10.8 Å². The van der Waals surface area contributed by atoms with Gasteiger partial charge in [-0.3, -0.25) is 14.6 Å². The standard InChI is InChI=1S/C32H47N7O2/c1-5-27-32(10-16-37(17-11-32)23-31(2,3)4)18-26(30(40)41)39(27)20-25-8-6-24(7-9-25)19-38(21-28-33-12-13-34-28)22-29-35-14-15-36-29/h6-9,12-15,26-27H,5,10-11,16-23H2,1-4H3,(H,33,34)(H,35,36)(H,40,41)/t26-,27?/m0/s1. The molecule has 4 heterocycles. The van der Waals surface area contributed by atoms with E-state index < -0.39 is 12.0 Å². The Hall–Kier alpha value is -3.01. The smallest absolute Gasteiger partial charge is 0.320 e. The van der Waals surface area contributed by atoms with Gasteiger partial charge in [0.2, 0.25) is 0 Å². The number of carbonyl (C=O) groups is 1. The number of H-pyrrole nitrogens is 2. The SMILES string of the molecule is CCC1N(Cc2ccc(CN(Cc3ncc[nH]3)Cc3ncc[nH]3)cc2)[C@H](C(=O)O)CC12CCN(CC(C)(C)C)CC2. The van der Waals surface area contributed by atoms with Gasteiger partial charge in [0.05, 0.1) is 13.1 Å². The van der Waals surface area contributed by atoms with Crippen molar-refractivity contribution in [1.29, 1.82) is 0 Å². The minimum atomic E-state index is -0.680. The van der Waals surface area contributed by atoms with Gasteiger partial charge in [0.25, 0.3) is 0 Å². The molecule has 9 nitrogen and oxygen atoms in total. The molecule has 5 rings (SSSR count). The van der Waals surface area contributed by atoms with Crippen molar-refractivity contribution in [3.8, 4) is 0 Å². The van der Waals surface area contributed by atoms with E-state index in [1.807, 2.05) is 12.4 Å². The summed E-state index contributed by atoms with van der Waals surface area (Å²) >= 11 is 0. The van der Waals surface area contributed by atoms with E-state index in [1.165, 1.54) is 11.1 Å². The van der Waals surface area contributed by atoms with E-state index >= 15 is 0 Å². The first-order chi connectivity index (χ1) is 19.6. The van der Waals surface area contributed by atoms with Gasteiger partial charge in [0, 0.05) is 50.5 Å². The van der Waals surface area contributed by atoms with Crippen LogP contribution in [0.3, 0.4) is 0 Å². The number of imidazole rings is 2. The number of rotatable bonds is 11. The topological polar surface area (TPSA) is 104 Å². The van der Waals surface area contributed by atoms with Crippen LogP contribution in [-0.2, 0) is 31.0 Å². The van der Waals surface area contributed by atoms with Crippen molar-refractivity contribution in [1.82, 2.24) is 34.6 Å². The normalized spacial score (nSPS) is 21.7. The molecule has 41 heavy (non-hydrogen) atoms. The molecule has 2 aliphatic rings. The van der Waals surface area contributed by atoms with Gasteiger partial charge in [-0.15, -0.1) is 0 Å². The third-order valence-electron chi connectivity index (χ3n) is 8.98. The number of nitrogens with zero attached hydrogens (tertiary/aromatic N) is 5. The molecule has 2 aromatic heterocycles. The number of carboxylic acids is 1. The number of aromatic amines is 2. The molecule has 0 aliphatic carbocycles. The van der Waals surface area contributed by atoms with E-state index in [0.717, 1.165) is 63.5 Å². The second kappa shape index (κ2) is 12.5. The van der Waals surface area contributed by atoms with Crippen LogP contribution < -0.4 is 0 Å². The van der Waals surface area contributed by atoms with E-state index in [-0.39, 0.29) is 16.9 Å². The lowest BCUT2D eigenvalue weighted by molar-refractivity contribution is -0.142. The summed E-state index contributed by atoms with van der Waals surface area (Å²) in [5.41, 5.74) is 2.74. The van der Waals surface area contributed by atoms with E-state index in [0.29, 0.717) is 19.6 Å². The molecule has 2 atom stereocenters. The van der Waals surface area contributed by atoms with Gasteiger partial charge >= 0.3 is 5.97 Å². The highest BCUT2D eigenvalue weighted by Crippen LogP contribution is 2.50. The predicted octanol–water partition coefficient (Wildman–Crippen LogP) is 4.90. The van der Waals surface area contributed by atoms with E-state index in [4.69, 9.17) is 0 Å². The summed E-state index contributed by atoms with van der Waals surface area (Å²) in [5.74, 6) is 1.16. The number of benzene rings is 1. The van der Waals surface area contributed by atoms with Gasteiger partial charge in [0.15, 0.2) is 0 Å². The number of nitrogens with one attached hydrogen (secondary N) is 2. The molecule has 0 saturated carbocycles. The lowest BCUT2D eigenvalue weighted by Crippen LogP contribution is -2.48. The third kappa shape index (κ3) is 7.26. The Morgan fingerprint density at radius 2 is 1.59 bits per heavy atom. The fraction of sp³-hybridized carbons (Fsp3) is 0.594. The largest absolute Gasteiger partial charge is 0.480 e. The summed E-state index contributed by atoms with van der Waals surface area (Å²) in [4.78, 5) is 34.9. The predicted molar refractivity (Wildman–Crippen MR) is 160 cm³/mol. The Morgan fingerprint density at radius 1 is 1.00 bits per heavy atom. The molecule has 2 aliphatic heterocycles. The zero-order chi connectivity index (χ0) is 29.0.